The van der Waals surface area contributed by atoms with Crippen LogP contribution in [0.4, 0.5) is 22.7 Å². The Balaban J connectivity index is 0.000000138. The molecule has 0 unspecified atom stereocenters. The molecule has 2 heteroatoms. The third-order valence-corrected chi connectivity index (χ3v) is 14.5. The number of fused-ring (bicyclic) bond motifs is 10. The van der Waals surface area contributed by atoms with Crippen molar-refractivity contribution < 1.29 is 0 Å². The minimum Gasteiger partial charge on any atom is -0.345 e. The van der Waals surface area contributed by atoms with Crippen LogP contribution in [0.25, 0.3) is 22.3 Å². The van der Waals surface area contributed by atoms with E-state index in [0.717, 1.165) is 25.7 Å². The van der Waals surface area contributed by atoms with Gasteiger partial charge in [-0.15, -0.1) is 0 Å². The lowest BCUT2D eigenvalue weighted by Crippen LogP contribution is -2.13. The maximum absolute atomic E-state index is 2.37. The third-order valence-electron chi connectivity index (χ3n) is 14.5. The third kappa shape index (κ3) is 8.30. The second-order valence-electron chi connectivity index (χ2n) is 18.3. The van der Waals surface area contributed by atoms with Gasteiger partial charge in [0.25, 0.3) is 0 Å². The molecule has 0 saturated heterocycles. The zero-order chi connectivity index (χ0) is 44.4. The van der Waals surface area contributed by atoms with Crippen molar-refractivity contribution in [2.24, 2.45) is 0 Å². The Kier molecular flexibility index (Phi) is 11.7. The van der Waals surface area contributed by atoms with E-state index < -0.39 is 0 Å². The van der Waals surface area contributed by atoms with Gasteiger partial charge in [0.05, 0.1) is 0 Å². The van der Waals surface area contributed by atoms with Crippen molar-refractivity contribution in [1.29, 1.82) is 0 Å². The number of anilines is 4. The standard InChI is InChI=1S/C36H32N2.2C14H12/c1-37(31-19-21-35-27(23-31)13-11-25-7-3-5-9-33(25)35)29-15-17-30(18-16-29)38(2)32-20-22-36-28(24-32)14-12-26-8-4-6-10-34(26)36;2*1-3-7-13-11(5-1)9-10-12-6-2-4-8-14(12)13/h3-10,15-24H,11-14H2,1-2H3;2*1-8H,9-10H2. The summed E-state index contributed by atoms with van der Waals surface area (Å²) in [5.74, 6) is 1.49. The average Bonchev–Trinajstić information content (AvgIpc) is 3.40. The Morgan fingerprint density at radius 2 is 0.788 bits per heavy atom. The van der Waals surface area contributed by atoms with Crippen molar-refractivity contribution in [3.05, 3.63) is 275 Å². The molecule has 0 heterocycles. The summed E-state index contributed by atoms with van der Waals surface area (Å²) >= 11 is 0. The van der Waals surface area contributed by atoms with E-state index in [-0.39, 0.29) is 0 Å². The van der Waals surface area contributed by atoms with Gasteiger partial charge >= 0.3 is 0 Å². The summed E-state index contributed by atoms with van der Waals surface area (Å²) < 4.78 is 0. The van der Waals surface area contributed by atoms with Crippen LogP contribution in [0.3, 0.4) is 0 Å². The summed E-state index contributed by atoms with van der Waals surface area (Å²) in [5, 5.41) is 0. The lowest BCUT2D eigenvalue weighted by Gasteiger charge is -2.28. The maximum atomic E-state index is 2.37. The zero-order valence-electron chi connectivity index (χ0n) is 38.2. The van der Waals surface area contributed by atoms with Gasteiger partial charge in [-0.25, -0.2) is 0 Å². The first kappa shape index (κ1) is 41.8. The Bertz CT molecular complexity index is 2860. The van der Waals surface area contributed by atoms with E-state index in [2.05, 4.69) is 231 Å². The largest absolute Gasteiger partial charge is 0.345 e. The molecule has 8 aliphatic rings. The van der Waals surface area contributed by atoms with Gasteiger partial charge < -0.3 is 9.80 Å². The lowest BCUT2D eigenvalue weighted by atomic mass is 9.76. The van der Waals surface area contributed by atoms with Crippen molar-refractivity contribution in [2.75, 3.05) is 23.9 Å². The monoisotopic (exact) mass is 852 g/mol. The molecule has 5 aromatic rings. The fourth-order valence-corrected chi connectivity index (χ4v) is 10.8. The predicted molar refractivity (Wildman–Crippen MR) is 280 cm³/mol. The summed E-state index contributed by atoms with van der Waals surface area (Å²) in [6.45, 7) is 0. The average molecular weight is 853 g/mol. The van der Waals surface area contributed by atoms with Gasteiger partial charge in [-0.05, 0) is 183 Å². The quantitative estimate of drug-likeness (QED) is 0.178. The van der Waals surface area contributed by atoms with E-state index in [1.165, 1.54) is 138 Å². The smallest absolute Gasteiger partial charge is 0.0411 e. The highest BCUT2D eigenvalue weighted by atomic mass is 15.1. The fraction of sp³-hybridized carbons (Fsp3) is 0.156. The summed E-state index contributed by atoms with van der Waals surface area (Å²) in [6, 6.07) is 40.4. The number of nitrogens with zero attached hydrogens (tertiary/aromatic N) is 2. The van der Waals surface area contributed by atoms with Gasteiger partial charge in [-0.3, -0.25) is 0 Å². The molecule has 0 spiro atoms. The molecule has 0 fully saturated rings. The molecule has 4 radical (unpaired) electrons. The molecular formula is C64H56N2. The molecule has 8 aliphatic carbocycles. The molecule has 2 nitrogen and oxygen atoms in total. The molecular weight excluding hydrogens is 797 g/mol. The molecule has 5 aromatic carbocycles. The highest BCUT2D eigenvalue weighted by Gasteiger charge is 2.25. The normalized spacial score (nSPS) is 17.9. The molecule has 13 rings (SSSR count). The van der Waals surface area contributed by atoms with Gasteiger partial charge in [0.15, 0.2) is 0 Å². The Hall–Kier alpha value is -6.90. The first-order chi connectivity index (χ1) is 32.6. The number of aryl methyl sites for hydroxylation is 4. The van der Waals surface area contributed by atoms with E-state index >= 15 is 0 Å². The van der Waals surface area contributed by atoms with Crippen LogP contribution in [0, 0.1) is 25.2 Å². The molecule has 322 valence electrons. The van der Waals surface area contributed by atoms with E-state index in [1.807, 2.05) is 0 Å². The summed E-state index contributed by atoms with van der Waals surface area (Å²) in [4.78, 5) is 4.59. The van der Waals surface area contributed by atoms with Gasteiger partial charge in [0.1, 0.15) is 0 Å². The molecule has 0 saturated carbocycles. The van der Waals surface area contributed by atoms with E-state index in [1.54, 1.807) is 0 Å². The molecule has 0 N–H and O–H groups in total. The number of benzene rings is 5. The first-order valence-corrected chi connectivity index (χ1v) is 23.9. The summed E-state index contributed by atoms with van der Waals surface area (Å²) in [5.41, 5.74) is 26.4. The van der Waals surface area contributed by atoms with Gasteiger partial charge in [-0.2, -0.15) is 0 Å². The highest BCUT2D eigenvalue weighted by Crippen LogP contribution is 2.43. The minimum atomic E-state index is 1.10. The number of rotatable bonds is 4. The van der Waals surface area contributed by atoms with Gasteiger partial charge in [0, 0.05) is 62.0 Å². The Labute approximate surface area is 393 Å². The van der Waals surface area contributed by atoms with Crippen molar-refractivity contribution in [1.82, 2.24) is 0 Å². The highest BCUT2D eigenvalue weighted by molar-refractivity contribution is 5.79. The Morgan fingerprint density at radius 3 is 1.36 bits per heavy atom. The second-order valence-corrected chi connectivity index (χ2v) is 18.3. The van der Waals surface area contributed by atoms with E-state index in [0.29, 0.717) is 0 Å². The number of hydrogen-bond acceptors (Lipinski definition) is 2. The lowest BCUT2D eigenvalue weighted by molar-refractivity contribution is 0.845. The second kappa shape index (κ2) is 18.5. The van der Waals surface area contributed by atoms with E-state index in [9.17, 15) is 0 Å². The SMILES string of the molecule is CN(c1ccc(N(C)c2ccc3c(c2)CCc2ccccc2-3)cc1)c1ccc2c(c1)CCc1ccccc1-2.[CH]1C=CC2=C3C=CC=C[C]3CCC2=C1.[CH]1C=CC=C2CCC3=CC=C[CH]C3=C12. The maximum Gasteiger partial charge on any atom is 0.0411 e. The van der Waals surface area contributed by atoms with Crippen molar-refractivity contribution >= 4 is 22.7 Å². The molecule has 0 aromatic heterocycles. The van der Waals surface area contributed by atoms with Crippen LogP contribution in [0.15, 0.2) is 227 Å². The van der Waals surface area contributed by atoms with Crippen LogP contribution in [-0.2, 0) is 25.7 Å². The van der Waals surface area contributed by atoms with Gasteiger partial charge in [0.2, 0.25) is 0 Å². The summed E-state index contributed by atoms with van der Waals surface area (Å²) in [7, 11) is 4.33. The number of hydrogen-bond donors (Lipinski definition) is 0. The van der Waals surface area contributed by atoms with Crippen molar-refractivity contribution in [3.63, 3.8) is 0 Å². The molecule has 66 heavy (non-hydrogen) atoms. The van der Waals surface area contributed by atoms with Crippen LogP contribution in [-0.4, -0.2) is 14.1 Å². The molecule has 0 amide bonds. The van der Waals surface area contributed by atoms with Crippen molar-refractivity contribution in [3.8, 4) is 22.3 Å². The van der Waals surface area contributed by atoms with Crippen LogP contribution >= 0.6 is 0 Å². The molecule has 0 atom stereocenters. The first-order valence-electron chi connectivity index (χ1n) is 23.9. The fourth-order valence-electron chi connectivity index (χ4n) is 10.8. The topological polar surface area (TPSA) is 6.48 Å². The van der Waals surface area contributed by atoms with Crippen LogP contribution in [0.2, 0.25) is 0 Å². The molecule has 0 aliphatic heterocycles. The zero-order valence-corrected chi connectivity index (χ0v) is 38.2. The molecule has 0 bridgehead atoms. The number of allylic oxidation sites excluding steroid dienone is 20. The van der Waals surface area contributed by atoms with Crippen LogP contribution in [0.5, 0.6) is 0 Å². The van der Waals surface area contributed by atoms with E-state index in [4.69, 9.17) is 0 Å². The Morgan fingerprint density at radius 1 is 0.333 bits per heavy atom. The predicted octanol–water partition coefficient (Wildman–Crippen LogP) is 15.7. The summed E-state index contributed by atoms with van der Waals surface area (Å²) in [6.07, 6.45) is 44.1. The minimum absolute atomic E-state index is 1.10. The van der Waals surface area contributed by atoms with Crippen LogP contribution in [0.1, 0.15) is 47.9 Å². The van der Waals surface area contributed by atoms with Crippen LogP contribution < -0.4 is 9.80 Å². The van der Waals surface area contributed by atoms with Crippen molar-refractivity contribution in [2.45, 2.75) is 51.4 Å². The van der Waals surface area contributed by atoms with Gasteiger partial charge in [-0.1, -0.05) is 140 Å².